The van der Waals surface area contributed by atoms with Gasteiger partial charge in [-0.15, -0.1) is 0 Å². The Balaban J connectivity index is 1.84. The summed E-state index contributed by atoms with van der Waals surface area (Å²) in [6.07, 6.45) is 4.13. The molecular formula is C15H20N2O. The zero-order valence-electron chi connectivity index (χ0n) is 12.6. The lowest BCUT2D eigenvalue weighted by Crippen LogP contribution is -2.29. The van der Waals surface area contributed by atoms with Gasteiger partial charge in [-0.3, -0.25) is 0 Å². The first-order chi connectivity index (χ1) is 9.69. The first kappa shape index (κ1) is 9.45. The second-order valence-corrected chi connectivity index (χ2v) is 4.97. The van der Waals surface area contributed by atoms with Crippen molar-refractivity contribution in [1.82, 2.24) is 9.88 Å². The molecule has 0 bridgehead atoms. The maximum absolute atomic E-state index is 7.47. The van der Waals surface area contributed by atoms with Gasteiger partial charge in [0.25, 0.3) is 0 Å². The molecule has 3 nitrogen and oxygen atoms in total. The first-order valence-corrected chi connectivity index (χ1v) is 6.42. The SMILES string of the molecule is [2H]C([2H])N1CCC(c2c[nH]c3ccc(OC)cc23)CC1. The lowest BCUT2D eigenvalue weighted by Gasteiger charge is -2.28. The molecule has 0 radical (unpaired) electrons. The summed E-state index contributed by atoms with van der Waals surface area (Å²) in [6, 6.07) is 6.11. The van der Waals surface area contributed by atoms with E-state index in [2.05, 4.69) is 23.3 Å². The van der Waals surface area contributed by atoms with Gasteiger partial charge >= 0.3 is 0 Å². The first-order valence-electron chi connectivity index (χ1n) is 7.58. The van der Waals surface area contributed by atoms with E-state index in [0.29, 0.717) is 5.92 Å². The van der Waals surface area contributed by atoms with E-state index in [1.165, 1.54) is 10.9 Å². The van der Waals surface area contributed by atoms with Crippen LogP contribution in [-0.4, -0.2) is 37.1 Å². The highest BCUT2D eigenvalue weighted by Gasteiger charge is 2.21. The van der Waals surface area contributed by atoms with Gasteiger partial charge in [0.2, 0.25) is 0 Å². The van der Waals surface area contributed by atoms with Crippen molar-refractivity contribution in [2.75, 3.05) is 27.2 Å². The summed E-state index contributed by atoms with van der Waals surface area (Å²) in [5.74, 6) is 1.39. The number of H-pyrrole nitrogens is 1. The Kier molecular flexibility index (Phi) is 2.44. The van der Waals surface area contributed by atoms with Gasteiger partial charge in [-0.2, -0.15) is 0 Å². The smallest absolute Gasteiger partial charge is 0.119 e. The van der Waals surface area contributed by atoms with Crippen molar-refractivity contribution in [3.8, 4) is 5.75 Å². The number of hydrogen-bond donors (Lipinski definition) is 1. The van der Waals surface area contributed by atoms with Gasteiger partial charge in [0, 0.05) is 19.8 Å². The summed E-state index contributed by atoms with van der Waals surface area (Å²) < 4.78 is 20.2. The molecule has 0 unspecified atom stereocenters. The van der Waals surface area contributed by atoms with E-state index in [0.717, 1.165) is 37.2 Å². The molecule has 0 atom stereocenters. The third-order valence-electron chi connectivity index (χ3n) is 3.89. The summed E-state index contributed by atoms with van der Waals surface area (Å²) in [5, 5.41) is 1.23. The number of piperidine rings is 1. The highest BCUT2D eigenvalue weighted by Crippen LogP contribution is 2.34. The summed E-state index contributed by atoms with van der Waals surface area (Å²) in [5.41, 5.74) is 2.48. The Morgan fingerprint density at radius 3 is 2.94 bits per heavy atom. The molecule has 96 valence electrons. The number of ether oxygens (including phenoxy) is 1. The van der Waals surface area contributed by atoms with Crippen LogP contribution in [0.15, 0.2) is 24.4 Å². The lowest BCUT2D eigenvalue weighted by molar-refractivity contribution is 0.256. The number of likely N-dealkylation sites (tertiary alicyclic amines) is 1. The van der Waals surface area contributed by atoms with Crippen LogP contribution < -0.4 is 4.74 Å². The number of methoxy groups -OCH3 is 1. The predicted molar refractivity (Wildman–Crippen MR) is 74.3 cm³/mol. The fourth-order valence-corrected chi connectivity index (χ4v) is 2.80. The molecule has 1 N–H and O–H groups in total. The molecule has 1 aromatic carbocycles. The second kappa shape index (κ2) is 4.65. The maximum atomic E-state index is 7.47. The van der Waals surface area contributed by atoms with Crippen molar-refractivity contribution in [1.29, 1.82) is 0 Å². The van der Waals surface area contributed by atoms with Crippen LogP contribution in [0.3, 0.4) is 0 Å². The summed E-state index contributed by atoms with van der Waals surface area (Å²) in [4.78, 5) is 5.24. The Morgan fingerprint density at radius 2 is 2.22 bits per heavy atom. The van der Waals surface area contributed by atoms with Crippen LogP contribution in [0.5, 0.6) is 5.75 Å². The minimum absolute atomic E-state index is 0.505. The zero-order chi connectivity index (χ0) is 14.1. The molecule has 0 aliphatic carbocycles. The minimum atomic E-state index is -0.834. The van der Waals surface area contributed by atoms with Gasteiger partial charge in [-0.1, -0.05) is 0 Å². The van der Waals surface area contributed by atoms with Crippen molar-refractivity contribution in [3.63, 3.8) is 0 Å². The molecule has 1 aliphatic rings. The van der Waals surface area contributed by atoms with Crippen molar-refractivity contribution in [3.05, 3.63) is 30.0 Å². The van der Waals surface area contributed by atoms with Gasteiger partial charge < -0.3 is 14.6 Å². The summed E-state index contributed by atoms with van der Waals surface area (Å²) in [6.45, 7) is 0.830. The molecule has 1 fully saturated rings. The van der Waals surface area contributed by atoms with Crippen LogP contribution in [0, 0.1) is 0 Å². The van der Waals surface area contributed by atoms with Crippen molar-refractivity contribution in [2.45, 2.75) is 18.8 Å². The molecule has 3 rings (SSSR count). The standard InChI is InChI=1S/C15H20N2O/c1-17-7-5-11(6-8-17)14-10-16-15-4-3-12(18-2)9-13(14)15/h3-4,9-11,16H,5-8H2,1-2H3/i1D2. The van der Waals surface area contributed by atoms with Crippen LogP contribution in [0.1, 0.15) is 27.1 Å². The van der Waals surface area contributed by atoms with Crippen LogP contribution in [0.4, 0.5) is 0 Å². The molecule has 0 spiro atoms. The van der Waals surface area contributed by atoms with E-state index in [9.17, 15) is 0 Å². The van der Waals surface area contributed by atoms with Gasteiger partial charge in [-0.05, 0) is 62.6 Å². The van der Waals surface area contributed by atoms with Crippen molar-refractivity contribution in [2.24, 2.45) is 0 Å². The third kappa shape index (κ3) is 1.99. The van der Waals surface area contributed by atoms with Gasteiger partial charge in [0.1, 0.15) is 5.75 Å². The average Bonchev–Trinajstić information content (AvgIpc) is 2.90. The number of nitrogens with one attached hydrogen (secondary N) is 1. The third-order valence-corrected chi connectivity index (χ3v) is 3.89. The highest BCUT2D eigenvalue weighted by molar-refractivity contribution is 5.85. The minimum Gasteiger partial charge on any atom is -0.497 e. The molecule has 18 heavy (non-hydrogen) atoms. The van der Waals surface area contributed by atoms with Gasteiger partial charge in [-0.25, -0.2) is 0 Å². The Bertz CT molecular complexity index is 589. The monoisotopic (exact) mass is 246 g/mol. The molecule has 1 saturated heterocycles. The van der Waals surface area contributed by atoms with E-state index < -0.39 is 7.00 Å². The molecule has 1 aliphatic heterocycles. The number of fused-ring (bicyclic) bond motifs is 1. The van der Waals surface area contributed by atoms with Gasteiger partial charge in [0.15, 0.2) is 0 Å². The average molecular weight is 246 g/mol. The highest BCUT2D eigenvalue weighted by atomic mass is 16.5. The second-order valence-electron chi connectivity index (χ2n) is 4.97. The quantitative estimate of drug-likeness (QED) is 0.882. The summed E-state index contributed by atoms with van der Waals surface area (Å²) in [7, 11) is 1.69. The molecule has 2 aromatic rings. The summed E-state index contributed by atoms with van der Waals surface area (Å²) >= 11 is 0. The van der Waals surface area contributed by atoms with Crippen LogP contribution in [-0.2, 0) is 0 Å². The van der Waals surface area contributed by atoms with Crippen molar-refractivity contribution >= 4 is 10.9 Å². The van der Waals surface area contributed by atoms with Crippen LogP contribution in [0.2, 0.25) is 0 Å². The number of benzene rings is 1. The topological polar surface area (TPSA) is 28.3 Å². The Labute approximate surface area is 111 Å². The largest absolute Gasteiger partial charge is 0.497 e. The van der Waals surface area contributed by atoms with E-state index in [4.69, 9.17) is 7.48 Å². The van der Waals surface area contributed by atoms with Gasteiger partial charge in [0.05, 0.1) is 7.11 Å². The molecule has 1 aromatic heterocycles. The van der Waals surface area contributed by atoms with E-state index >= 15 is 0 Å². The van der Waals surface area contributed by atoms with Crippen LogP contribution in [0.25, 0.3) is 10.9 Å². The number of nitrogens with zero attached hydrogens (tertiary/aromatic N) is 1. The zero-order valence-corrected chi connectivity index (χ0v) is 10.6. The predicted octanol–water partition coefficient (Wildman–Crippen LogP) is 2.99. The molecule has 0 saturated carbocycles. The fourth-order valence-electron chi connectivity index (χ4n) is 2.80. The molecule has 2 heterocycles. The maximum Gasteiger partial charge on any atom is 0.119 e. The molecule has 3 heteroatoms. The fraction of sp³-hybridized carbons (Fsp3) is 0.467. The number of aromatic nitrogens is 1. The number of hydrogen-bond acceptors (Lipinski definition) is 2. The number of aromatic amines is 1. The van der Waals surface area contributed by atoms with E-state index in [-0.39, 0.29) is 0 Å². The molecular weight excluding hydrogens is 224 g/mol. The van der Waals surface area contributed by atoms with Crippen molar-refractivity contribution < 1.29 is 7.48 Å². The van der Waals surface area contributed by atoms with Crippen LogP contribution >= 0.6 is 0 Å². The Morgan fingerprint density at radius 1 is 1.39 bits per heavy atom. The normalized spacial score (nSPS) is 20.1. The van der Waals surface area contributed by atoms with E-state index in [1.54, 1.807) is 7.11 Å². The van der Waals surface area contributed by atoms with E-state index in [1.807, 2.05) is 11.0 Å². The molecule has 0 amide bonds. The number of rotatable bonds is 2. The Hall–Kier alpha value is -1.48. The lowest BCUT2D eigenvalue weighted by atomic mass is 9.89.